The molecule has 0 unspecified atom stereocenters. The Morgan fingerprint density at radius 3 is 2.72 bits per heavy atom. The molecule has 0 saturated heterocycles. The highest BCUT2D eigenvalue weighted by Crippen LogP contribution is 2.33. The predicted molar refractivity (Wildman–Crippen MR) is 114 cm³/mol. The van der Waals surface area contributed by atoms with Gasteiger partial charge in [-0.05, 0) is 48.9 Å². The molecule has 2 heterocycles. The molecule has 4 aromatic rings. The van der Waals surface area contributed by atoms with Gasteiger partial charge in [0.2, 0.25) is 0 Å². The largest absolute Gasteiger partial charge is 0.453 e. The first-order valence-corrected chi connectivity index (χ1v) is 9.87. The molecule has 1 amide bonds. The minimum absolute atomic E-state index is 0.00509. The molecule has 1 N–H and O–H groups in total. The summed E-state index contributed by atoms with van der Waals surface area (Å²) in [6, 6.07) is 11.8. The zero-order valence-electron chi connectivity index (χ0n) is 16.7. The SMILES string of the molecule is Cc1onc(-c2c(F)cccc2Cl)c1C(=O)NCc1ccc(Oc2cccnc2)c(F)c1. The molecule has 0 atom stereocenters. The Labute approximate surface area is 186 Å². The van der Waals surface area contributed by atoms with E-state index in [1.165, 1.54) is 43.5 Å². The lowest BCUT2D eigenvalue weighted by molar-refractivity contribution is 0.0950. The van der Waals surface area contributed by atoms with Crippen molar-refractivity contribution in [2.75, 3.05) is 0 Å². The minimum atomic E-state index is -0.633. The highest BCUT2D eigenvalue weighted by molar-refractivity contribution is 6.33. The van der Waals surface area contributed by atoms with Crippen molar-refractivity contribution in [1.82, 2.24) is 15.5 Å². The van der Waals surface area contributed by atoms with Crippen molar-refractivity contribution in [3.8, 4) is 22.8 Å². The number of hydrogen-bond donors (Lipinski definition) is 1. The van der Waals surface area contributed by atoms with Crippen LogP contribution >= 0.6 is 11.6 Å². The molecule has 0 aliphatic rings. The normalized spacial score (nSPS) is 10.8. The number of nitrogens with zero attached hydrogens (tertiary/aromatic N) is 2. The molecule has 0 saturated carbocycles. The number of rotatable bonds is 6. The van der Waals surface area contributed by atoms with Crippen molar-refractivity contribution in [2.45, 2.75) is 13.5 Å². The fraction of sp³-hybridized carbons (Fsp3) is 0.0870. The summed E-state index contributed by atoms with van der Waals surface area (Å²) in [7, 11) is 0. The number of ether oxygens (including phenoxy) is 1. The Kier molecular flexibility index (Phi) is 6.13. The summed E-state index contributed by atoms with van der Waals surface area (Å²) in [5.41, 5.74) is 0.511. The van der Waals surface area contributed by atoms with Crippen LogP contribution in [0.1, 0.15) is 21.7 Å². The van der Waals surface area contributed by atoms with E-state index >= 15 is 0 Å². The quantitative estimate of drug-likeness (QED) is 0.403. The summed E-state index contributed by atoms with van der Waals surface area (Å²) in [5.74, 6) is -1.17. The van der Waals surface area contributed by atoms with Gasteiger partial charge in [0.05, 0.1) is 16.8 Å². The van der Waals surface area contributed by atoms with Gasteiger partial charge in [0.1, 0.15) is 28.6 Å². The fourth-order valence-corrected chi connectivity index (χ4v) is 3.33. The van der Waals surface area contributed by atoms with Crippen LogP contribution in [-0.2, 0) is 6.54 Å². The maximum atomic E-state index is 14.4. The zero-order valence-corrected chi connectivity index (χ0v) is 17.5. The number of amides is 1. The van der Waals surface area contributed by atoms with Gasteiger partial charge in [0, 0.05) is 12.7 Å². The zero-order chi connectivity index (χ0) is 22.7. The number of nitrogens with one attached hydrogen (secondary N) is 1. The number of carbonyl (C=O) groups is 1. The second-order valence-corrected chi connectivity index (χ2v) is 7.20. The summed E-state index contributed by atoms with van der Waals surface area (Å²) in [6.07, 6.45) is 3.05. The van der Waals surface area contributed by atoms with Crippen LogP contribution in [0.25, 0.3) is 11.3 Å². The van der Waals surface area contributed by atoms with Crippen LogP contribution in [0.3, 0.4) is 0 Å². The summed E-state index contributed by atoms with van der Waals surface area (Å²) < 4.78 is 39.3. The van der Waals surface area contributed by atoms with Crippen molar-refractivity contribution in [3.05, 3.63) is 94.5 Å². The van der Waals surface area contributed by atoms with E-state index in [0.717, 1.165) is 0 Å². The number of aryl methyl sites for hydroxylation is 1. The van der Waals surface area contributed by atoms with Gasteiger partial charge in [-0.2, -0.15) is 0 Å². The van der Waals surface area contributed by atoms with E-state index < -0.39 is 17.5 Å². The number of pyridine rings is 1. The molecular formula is C23H16ClF2N3O3. The Morgan fingerprint density at radius 2 is 2.00 bits per heavy atom. The lowest BCUT2D eigenvalue weighted by atomic mass is 10.0. The Bertz CT molecular complexity index is 1260. The van der Waals surface area contributed by atoms with Crippen LogP contribution in [0.2, 0.25) is 5.02 Å². The minimum Gasteiger partial charge on any atom is -0.453 e. The van der Waals surface area contributed by atoms with Crippen LogP contribution in [0.4, 0.5) is 8.78 Å². The molecule has 9 heteroatoms. The molecule has 0 aliphatic heterocycles. The molecule has 0 fully saturated rings. The first-order chi connectivity index (χ1) is 15.4. The fourth-order valence-electron chi connectivity index (χ4n) is 3.08. The van der Waals surface area contributed by atoms with E-state index in [2.05, 4.69) is 15.5 Å². The van der Waals surface area contributed by atoms with Crippen molar-refractivity contribution >= 4 is 17.5 Å². The Balaban J connectivity index is 1.50. The van der Waals surface area contributed by atoms with E-state index in [0.29, 0.717) is 11.3 Å². The number of hydrogen-bond acceptors (Lipinski definition) is 5. The van der Waals surface area contributed by atoms with Crippen LogP contribution in [0.15, 0.2) is 65.4 Å². The van der Waals surface area contributed by atoms with Crippen LogP contribution in [-0.4, -0.2) is 16.0 Å². The van der Waals surface area contributed by atoms with Gasteiger partial charge in [0.15, 0.2) is 11.6 Å². The van der Waals surface area contributed by atoms with Crippen molar-refractivity contribution in [2.24, 2.45) is 0 Å². The molecule has 2 aromatic carbocycles. The van der Waals surface area contributed by atoms with Crippen molar-refractivity contribution in [3.63, 3.8) is 0 Å². The third-order valence-corrected chi connectivity index (χ3v) is 4.92. The lowest BCUT2D eigenvalue weighted by Crippen LogP contribution is -2.23. The average Bonchev–Trinajstić information content (AvgIpc) is 3.15. The van der Waals surface area contributed by atoms with Gasteiger partial charge in [-0.15, -0.1) is 0 Å². The summed E-state index contributed by atoms with van der Waals surface area (Å²) in [6.45, 7) is 1.54. The van der Waals surface area contributed by atoms with E-state index in [9.17, 15) is 13.6 Å². The number of halogens is 3. The first-order valence-electron chi connectivity index (χ1n) is 9.49. The van der Waals surface area contributed by atoms with Gasteiger partial charge in [-0.3, -0.25) is 9.78 Å². The van der Waals surface area contributed by atoms with Crippen molar-refractivity contribution < 1.29 is 22.8 Å². The van der Waals surface area contributed by atoms with Crippen molar-refractivity contribution in [1.29, 1.82) is 0 Å². The average molecular weight is 456 g/mol. The second-order valence-electron chi connectivity index (χ2n) is 6.80. The van der Waals surface area contributed by atoms with E-state index in [4.69, 9.17) is 20.9 Å². The van der Waals surface area contributed by atoms with Crippen LogP contribution in [0.5, 0.6) is 11.5 Å². The smallest absolute Gasteiger partial charge is 0.257 e. The second kappa shape index (κ2) is 9.15. The van der Waals surface area contributed by atoms with Crippen LogP contribution in [0, 0.1) is 18.6 Å². The van der Waals surface area contributed by atoms with Gasteiger partial charge in [0.25, 0.3) is 5.91 Å². The van der Waals surface area contributed by atoms with Crippen LogP contribution < -0.4 is 10.1 Å². The number of aromatic nitrogens is 2. The highest BCUT2D eigenvalue weighted by atomic mass is 35.5. The number of carbonyl (C=O) groups excluding carboxylic acids is 1. The summed E-state index contributed by atoms with van der Waals surface area (Å²) >= 11 is 6.10. The van der Waals surface area contributed by atoms with Gasteiger partial charge < -0.3 is 14.6 Å². The summed E-state index contributed by atoms with van der Waals surface area (Å²) in [5, 5.41) is 6.57. The molecule has 0 bridgehead atoms. The Morgan fingerprint density at radius 1 is 1.16 bits per heavy atom. The van der Waals surface area contributed by atoms with E-state index in [-0.39, 0.29) is 39.9 Å². The first kappa shape index (κ1) is 21.5. The lowest BCUT2D eigenvalue weighted by Gasteiger charge is -2.10. The van der Waals surface area contributed by atoms with Gasteiger partial charge >= 0.3 is 0 Å². The predicted octanol–water partition coefficient (Wildman–Crippen LogP) is 5.70. The molecule has 6 nitrogen and oxygen atoms in total. The third-order valence-electron chi connectivity index (χ3n) is 4.60. The molecular weight excluding hydrogens is 440 g/mol. The summed E-state index contributed by atoms with van der Waals surface area (Å²) in [4.78, 5) is 16.7. The van der Waals surface area contributed by atoms with Gasteiger partial charge in [-0.25, -0.2) is 8.78 Å². The topological polar surface area (TPSA) is 77.2 Å². The molecule has 0 radical (unpaired) electrons. The third kappa shape index (κ3) is 4.45. The molecule has 4 rings (SSSR count). The van der Waals surface area contributed by atoms with E-state index in [1.54, 1.807) is 24.4 Å². The molecule has 0 aliphatic carbocycles. The molecule has 2 aromatic heterocycles. The van der Waals surface area contributed by atoms with E-state index in [1.807, 2.05) is 0 Å². The standard InChI is InChI=1S/C23H16ClF2N3O3/c1-13-20(22(29-32-13)21-16(24)5-2-6-17(21)25)23(30)28-11-14-7-8-19(18(26)10-14)31-15-4-3-9-27-12-15/h2-10,12H,11H2,1H3,(H,28,30). The molecule has 162 valence electrons. The molecule has 32 heavy (non-hydrogen) atoms. The maximum absolute atomic E-state index is 14.4. The maximum Gasteiger partial charge on any atom is 0.257 e. The monoisotopic (exact) mass is 455 g/mol. The number of benzene rings is 2. The van der Waals surface area contributed by atoms with Gasteiger partial charge in [-0.1, -0.05) is 28.9 Å². The Hall–Kier alpha value is -3.78. The highest BCUT2D eigenvalue weighted by Gasteiger charge is 2.25. The molecule has 0 spiro atoms.